The van der Waals surface area contributed by atoms with Crippen molar-refractivity contribution in [3.63, 3.8) is 0 Å². The van der Waals surface area contributed by atoms with Crippen molar-refractivity contribution in [1.29, 1.82) is 0 Å². The van der Waals surface area contributed by atoms with Crippen molar-refractivity contribution in [3.05, 3.63) is 23.8 Å². The standard InChI is InChI=1S/C10H14NO6S2/c11-18(13,14)9-5-4-8(3-1-2-6-12)10(7-9)19(15,16)17/h4-5,7H,1-3,6H2,(H2,11,13,14)(H,15,16,17). The van der Waals surface area contributed by atoms with Crippen molar-refractivity contribution < 1.29 is 26.5 Å². The molecule has 0 aliphatic heterocycles. The van der Waals surface area contributed by atoms with Gasteiger partial charge >= 0.3 is 0 Å². The van der Waals surface area contributed by atoms with Crippen molar-refractivity contribution >= 4 is 20.1 Å². The van der Waals surface area contributed by atoms with Crippen LogP contribution in [0.1, 0.15) is 18.4 Å². The maximum absolute atomic E-state index is 11.2. The Hall–Kier alpha value is -1.00. The predicted molar refractivity (Wildman–Crippen MR) is 66.1 cm³/mol. The zero-order valence-electron chi connectivity index (χ0n) is 9.94. The van der Waals surface area contributed by atoms with E-state index < -0.39 is 29.9 Å². The van der Waals surface area contributed by atoms with Gasteiger partial charge in [-0.2, -0.15) is 8.42 Å². The zero-order valence-corrected chi connectivity index (χ0v) is 11.6. The summed E-state index contributed by atoms with van der Waals surface area (Å²) in [7, 11) is -8.60. The number of sulfonamides is 1. The van der Waals surface area contributed by atoms with Gasteiger partial charge in [-0.15, -0.1) is 0 Å². The topological polar surface area (TPSA) is 134 Å². The van der Waals surface area contributed by atoms with E-state index in [1.54, 1.807) is 0 Å². The average Bonchev–Trinajstić information content (AvgIpc) is 2.27. The van der Waals surface area contributed by atoms with Crippen LogP contribution in [-0.2, 0) is 31.7 Å². The number of benzene rings is 1. The minimum absolute atomic E-state index is 0.252. The third-order valence-electron chi connectivity index (χ3n) is 2.49. The van der Waals surface area contributed by atoms with Crippen LogP contribution in [0.15, 0.2) is 28.0 Å². The third kappa shape index (κ3) is 4.55. The molecular weight excluding hydrogens is 294 g/mol. The molecule has 1 rings (SSSR count). The highest BCUT2D eigenvalue weighted by Crippen LogP contribution is 2.21. The number of nitrogens with two attached hydrogens (primary N) is 1. The lowest BCUT2D eigenvalue weighted by Gasteiger charge is -2.08. The molecule has 0 aromatic heterocycles. The molecule has 1 aromatic rings. The first-order valence-corrected chi connectivity index (χ1v) is 8.36. The molecule has 107 valence electrons. The molecule has 3 N–H and O–H groups in total. The number of rotatable bonds is 6. The van der Waals surface area contributed by atoms with Crippen molar-refractivity contribution in [2.75, 3.05) is 6.61 Å². The molecule has 0 saturated heterocycles. The van der Waals surface area contributed by atoms with Gasteiger partial charge in [-0.25, -0.2) is 18.7 Å². The van der Waals surface area contributed by atoms with E-state index >= 15 is 0 Å². The van der Waals surface area contributed by atoms with Crippen LogP contribution >= 0.6 is 0 Å². The molecule has 0 fully saturated rings. The number of aryl methyl sites for hydroxylation is 1. The second kappa shape index (κ2) is 5.97. The molecule has 19 heavy (non-hydrogen) atoms. The van der Waals surface area contributed by atoms with Gasteiger partial charge in [0.2, 0.25) is 10.0 Å². The van der Waals surface area contributed by atoms with Crippen LogP contribution in [0, 0.1) is 0 Å². The smallest absolute Gasteiger partial charge is 0.282 e. The molecule has 0 unspecified atom stereocenters. The first-order valence-electron chi connectivity index (χ1n) is 5.37. The van der Waals surface area contributed by atoms with Crippen LogP contribution in [-0.4, -0.2) is 28.0 Å². The van der Waals surface area contributed by atoms with Gasteiger partial charge in [0.1, 0.15) is 0 Å². The number of hydrogen-bond donors (Lipinski definition) is 2. The highest BCUT2D eigenvalue weighted by molar-refractivity contribution is 7.89. The summed E-state index contributed by atoms with van der Waals surface area (Å²) in [4.78, 5) is -0.891. The van der Waals surface area contributed by atoms with Gasteiger partial charge in [-0.05, 0) is 37.0 Å². The molecule has 1 aromatic carbocycles. The van der Waals surface area contributed by atoms with E-state index in [1.807, 2.05) is 0 Å². The van der Waals surface area contributed by atoms with Crippen molar-refractivity contribution in [2.45, 2.75) is 29.1 Å². The molecule has 0 atom stereocenters. The molecular formula is C10H14NO6S2. The molecule has 0 bridgehead atoms. The van der Waals surface area contributed by atoms with Gasteiger partial charge in [0.05, 0.1) is 16.4 Å². The Morgan fingerprint density at radius 1 is 1.11 bits per heavy atom. The minimum atomic E-state index is -4.55. The lowest BCUT2D eigenvalue weighted by Crippen LogP contribution is -2.14. The van der Waals surface area contributed by atoms with Gasteiger partial charge in [-0.1, -0.05) is 6.07 Å². The summed E-state index contributed by atoms with van der Waals surface area (Å²) in [5.41, 5.74) is 0.253. The average molecular weight is 308 g/mol. The second-order valence-electron chi connectivity index (χ2n) is 3.95. The predicted octanol–water partition coefficient (Wildman–Crippen LogP) is 0.334. The summed E-state index contributed by atoms with van der Waals surface area (Å²) >= 11 is 0. The van der Waals surface area contributed by atoms with E-state index in [0.717, 1.165) is 12.1 Å². The third-order valence-corrected chi connectivity index (χ3v) is 4.33. The largest absolute Gasteiger partial charge is 0.294 e. The summed E-state index contributed by atoms with van der Waals surface area (Å²) < 4.78 is 53.8. The van der Waals surface area contributed by atoms with E-state index in [-0.39, 0.29) is 18.6 Å². The Morgan fingerprint density at radius 3 is 2.21 bits per heavy atom. The lowest BCUT2D eigenvalue weighted by atomic mass is 10.1. The maximum Gasteiger partial charge on any atom is 0.294 e. The van der Waals surface area contributed by atoms with Crippen LogP contribution in [0.5, 0.6) is 0 Å². The molecule has 7 nitrogen and oxygen atoms in total. The van der Waals surface area contributed by atoms with E-state index in [1.165, 1.54) is 6.07 Å². The molecule has 0 amide bonds. The first kappa shape index (κ1) is 16.1. The Morgan fingerprint density at radius 2 is 1.74 bits per heavy atom. The van der Waals surface area contributed by atoms with Gasteiger partial charge in [0.15, 0.2) is 0 Å². The summed E-state index contributed by atoms with van der Waals surface area (Å²) in [6.45, 7) is -0.281. The zero-order chi connectivity index (χ0) is 14.7. The molecule has 0 saturated carbocycles. The van der Waals surface area contributed by atoms with Crippen LogP contribution in [0.3, 0.4) is 0 Å². The number of unbranched alkanes of at least 4 members (excludes halogenated alkanes) is 1. The Labute approximate surface area is 111 Å². The second-order valence-corrected chi connectivity index (χ2v) is 6.90. The lowest BCUT2D eigenvalue weighted by molar-refractivity contribution is 0.187. The van der Waals surface area contributed by atoms with Gasteiger partial charge in [-0.3, -0.25) is 4.55 Å². The monoisotopic (exact) mass is 308 g/mol. The summed E-state index contributed by atoms with van der Waals surface area (Å²) in [6.07, 6.45) is 1.06. The highest BCUT2D eigenvalue weighted by Gasteiger charge is 2.19. The fourth-order valence-corrected chi connectivity index (χ4v) is 2.97. The summed E-state index contributed by atoms with van der Waals surface area (Å²) in [6, 6.07) is 3.25. The van der Waals surface area contributed by atoms with E-state index in [9.17, 15) is 21.9 Å². The van der Waals surface area contributed by atoms with Crippen LogP contribution < -0.4 is 5.14 Å². The van der Waals surface area contributed by atoms with Crippen molar-refractivity contribution in [2.24, 2.45) is 5.14 Å². The van der Waals surface area contributed by atoms with E-state index in [2.05, 4.69) is 0 Å². The van der Waals surface area contributed by atoms with Crippen molar-refractivity contribution in [1.82, 2.24) is 0 Å². The molecule has 1 radical (unpaired) electrons. The number of hydrogen-bond acceptors (Lipinski definition) is 4. The van der Waals surface area contributed by atoms with Crippen LogP contribution in [0.25, 0.3) is 0 Å². The quantitative estimate of drug-likeness (QED) is 0.577. The van der Waals surface area contributed by atoms with Gasteiger partial charge in [0.25, 0.3) is 10.1 Å². The Balaban J connectivity index is 3.26. The SMILES string of the molecule is NS(=O)(=O)c1ccc(CCCC[O])c(S(=O)(=O)O)c1. The van der Waals surface area contributed by atoms with Gasteiger partial charge < -0.3 is 0 Å². The molecule has 9 heteroatoms. The summed E-state index contributed by atoms with van der Waals surface area (Å²) in [5, 5.41) is 15.2. The molecule has 0 aliphatic carbocycles. The van der Waals surface area contributed by atoms with E-state index in [0.29, 0.717) is 12.8 Å². The molecule has 0 heterocycles. The highest BCUT2D eigenvalue weighted by atomic mass is 32.2. The fraction of sp³-hybridized carbons (Fsp3) is 0.400. The van der Waals surface area contributed by atoms with Crippen molar-refractivity contribution in [3.8, 4) is 0 Å². The summed E-state index contributed by atoms with van der Waals surface area (Å²) in [5.74, 6) is 0. The minimum Gasteiger partial charge on any atom is -0.282 e. The molecule has 0 aliphatic rings. The normalized spacial score (nSPS) is 12.6. The Bertz CT molecular complexity index is 651. The van der Waals surface area contributed by atoms with Gasteiger partial charge in [0, 0.05) is 0 Å². The maximum atomic E-state index is 11.2. The van der Waals surface area contributed by atoms with Crippen LogP contribution in [0.4, 0.5) is 0 Å². The number of primary sulfonamides is 1. The van der Waals surface area contributed by atoms with Crippen LogP contribution in [0.2, 0.25) is 0 Å². The molecule has 0 spiro atoms. The van der Waals surface area contributed by atoms with E-state index in [4.69, 9.17) is 9.69 Å². The first-order chi connectivity index (χ1) is 8.66. The Kier molecular flexibility index (Phi) is 5.04. The fourth-order valence-electron chi connectivity index (χ4n) is 1.58.